The van der Waals surface area contributed by atoms with Gasteiger partial charge >= 0.3 is 0 Å². The maximum Gasteiger partial charge on any atom is 0.132 e. The molecule has 0 radical (unpaired) electrons. The van der Waals surface area contributed by atoms with Crippen molar-refractivity contribution in [2.24, 2.45) is 0 Å². The van der Waals surface area contributed by atoms with Crippen molar-refractivity contribution in [2.75, 3.05) is 39.2 Å². The van der Waals surface area contributed by atoms with Crippen LogP contribution in [0.15, 0.2) is 12.4 Å². The zero-order chi connectivity index (χ0) is 13.0. The van der Waals surface area contributed by atoms with Crippen LogP contribution in [0.3, 0.4) is 0 Å². The smallest absolute Gasteiger partial charge is 0.132 e. The molecule has 0 amide bonds. The minimum Gasteiger partial charge on any atom is -0.378 e. The SMILES string of the molecule is COCc1cc(N(C)CC2CCCN2C)ncn1. The summed E-state index contributed by atoms with van der Waals surface area (Å²) in [6.45, 7) is 2.75. The van der Waals surface area contributed by atoms with Crippen LogP contribution in [0, 0.1) is 0 Å². The van der Waals surface area contributed by atoms with E-state index in [9.17, 15) is 0 Å². The molecule has 5 nitrogen and oxygen atoms in total. The Morgan fingerprint density at radius 1 is 1.50 bits per heavy atom. The monoisotopic (exact) mass is 250 g/mol. The fourth-order valence-electron chi connectivity index (χ4n) is 2.44. The van der Waals surface area contributed by atoms with E-state index in [4.69, 9.17) is 4.74 Å². The molecule has 1 aromatic rings. The van der Waals surface area contributed by atoms with Gasteiger partial charge in [-0.3, -0.25) is 0 Å². The van der Waals surface area contributed by atoms with Crippen LogP contribution in [0.1, 0.15) is 18.5 Å². The van der Waals surface area contributed by atoms with Gasteiger partial charge in [-0.2, -0.15) is 0 Å². The number of methoxy groups -OCH3 is 1. The van der Waals surface area contributed by atoms with Crippen LogP contribution in [0.4, 0.5) is 5.82 Å². The van der Waals surface area contributed by atoms with E-state index in [1.165, 1.54) is 19.4 Å². The van der Waals surface area contributed by atoms with E-state index >= 15 is 0 Å². The number of nitrogens with zero attached hydrogens (tertiary/aromatic N) is 4. The molecule has 1 aromatic heterocycles. The highest BCUT2D eigenvalue weighted by Gasteiger charge is 2.22. The summed E-state index contributed by atoms with van der Waals surface area (Å²) in [5, 5.41) is 0. The van der Waals surface area contributed by atoms with Gasteiger partial charge < -0.3 is 14.5 Å². The van der Waals surface area contributed by atoms with E-state index in [1.54, 1.807) is 13.4 Å². The Labute approximate surface area is 109 Å². The van der Waals surface area contributed by atoms with Gasteiger partial charge in [0.2, 0.25) is 0 Å². The first-order valence-corrected chi connectivity index (χ1v) is 6.42. The third-order valence-electron chi connectivity index (χ3n) is 3.55. The van der Waals surface area contributed by atoms with Crippen LogP contribution >= 0.6 is 0 Å². The summed E-state index contributed by atoms with van der Waals surface area (Å²) in [7, 11) is 5.96. The Morgan fingerprint density at radius 2 is 2.33 bits per heavy atom. The van der Waals surface area contributed by atoms with Crippen LogP contribution < -0.4 is 4.90 Å². The van der Waals surface area contributed by atoms with E-state index < -0.39 is 0 Å². The first-order valence-electron chi connectivity index (χ1n) is 6.42. The molecule has 0 bridgehead atoms. The second kappa shape index (κ2) is 6.11. The topological polar surface area (TPSA) is 41.5 Å². The van der Waals surface area contributed by atoms with E-state index in [-0.39, 0.29) is 0 Å². The molecule has 1 saturated heterocycles. The molecule has 5 heteroatoms. The molecule has 0 N–H and O–H groups in total. The molecule has 0 aliphatic carbocycles. The largest absolute Gasteiger partial charge is 0.378 e. The molecule has 1 fully saturated rings. The number of hydrogen-bond donors (Lipinski definition) is 0. The number of likely N-dealkylation sites (tertiary alicyclic amines) is 1. The zero-order valence-electron chi connectivity index (χ0n) is 11.5. The summed E-state index contributed by atoms with van der Waals surface area (Å²) in [5.74, 6) is 0.970. The van der Waals surface area contributed by atoms with Gasteiger partial charge in [-0.05, 0) is 26.4 Å². The van der Waals surface area contributed by atoms with Gasteiger partial charge in [0.05, 0.1) is 12.3 Å². The fourth-order valence-corrected chi connectivity index (χ4v) is 2.44. The number of likely N-dealkylation sites (N-methyl/N-ethyl adjacent to an activating group) is 2. The number of aromatic nitrogens is 2. The van der Waals surface area contributed by atoms with Crippen LogP contribution in [0.2, 0.25) is 0 Å². The van der Waals surface area contributed by atoms with Gasteiger partial charge in [-0.1, -0.05) is 0 Å². The molecule has 1 unspecified atom stereocenters. The van der Waals surface area contributed by atoms with Crippen molar-refractivity contribution in [3.63, 3.8) is 0 Å². The van der Waals surface area contributed by atoms with Crippen LogP contribution in [0.5, 0.6) is 0 Å². The predicted molar refractivity (Wildman–Crippen MR) is 71.7 cm³/mol. The maximum atomic E-state index is 5.10. The molecular formula is C13H22N4O. The number of anilines is 1. The highest BCUT2D eigenvalue weighted by Crippen LogP contribution is 2.18. The van der Waals surface area contributed by atoms with Crippen molar-refractivity contribution >= 4 is 5.82 Å². The summed E-state index contributed by atoms with van der Waals surface area (Å²) >= 11 is 0. The Hall–Kier alpha value is -1.20. The molecule has 0 aromatic carbocycles. The lowest BCUT2D eigenvalue weighted by Crippen LogP contribution is -2.37. The van der Waals surface area contributed by atoms with E-state index in [0.29, 0.717) is 12.6 Å². The minimum absolute atomic E-state index is 0.534. The van der Waals surface area contributed by atoms with Crippen LogP contribution in [-0.2, 0) is 11.3 Å². The molecular weight excluding hydrogens is 228 g/mol. The third kappa shape index (κ3) is 3.17. The number of hydrogen-bond acceptors (Lipinski definition) is 5. The summed E-state index contributed by atoms with van der Waals surface area (Å²) in [6, 6.07) is 2.63. The second-order valence-electron chi connectivity index (χ2n) is 4.96. The van der Waals surface area contributed by atoms with Gasteiger partial charge in [0.1, 0.15) is 12.1 Å². The average molecular weight is 250 g/mol. The molecule has 1 atom stereocenters. The molecule has 18 heavy (non-hydrogen) atoms. The minimum atomic E-state index is 0.534. The molecule has 2 heterocycles. The van der Waals surface area contributed by atoms with Gasteiger partial charge in [0.25, 0.3) is 0 Å². The normalized spacial score (nSPS) is 20.3. The molecule has 1 aliphatic rings. The van der Waals surface area contributed by atoms with Crippen LogP contribution in [-0.4, -0.2) is 55.2 Å². The van der Waals surface area contributed by atoms with E-state index in [1.807, 2.05) is 6.07 Å². The van der Waals surface area contributed by atoms with E-state index in [0.717, 1.165) is 18.1 Å². The Kier molecular flexibility index (Phi) is 4.49. The predicted octanol–water partition coefficient (Wildman–Crippen LogP) is 1.15. The second-order valence-corrected chi connectivity index (χ2v) is 4.96. The first kappa shape index (κ1) is 13.2. The van der Waals surface area contributed by atoms with Crippen molar-refractivity contribution in [3.8, 4) is 0 Å². The Bertz CT molecular complexity index is 385. The third-order valence-corrected chi connectivity index (χ3v) is 3.55. The lowest BCUT2D eigenvalue weighted by atomic mass is 10.2. The van der Waals surface area contributed by atoms with Crippen molar-refractivity contribution < 1.29 is 4.74 Å². The fraction of sp³-hybridized carbons (Fsp3) is 0.692. The maximum absolute atomic E-state index is 5.10. The standard InChI is InChI=1S/C13H22N4O/c1-16-6-4-5-12(16)8-17(2)13-7-11(9-18-3)14-10-15-13/h7,10,12H,4-6,8-9H2,1-3H3. The molecule has 0 saturated carbocycles. The summed E-state index contributed by atoms with van der Waals surface area (Å²) in [4.78, 5) is 13.1. The van der Waals surface area contributed by atoms with Crippen molar-refractivity contribution in [1.82, 2.24) is 14.9 Å². The molecule has 100 valence electrons. The molecule has 0 spiro atoms. The summed E-state index contributed by atoms with van der Waals surface area (Å²) in [5.41, 5.74) is 0.925. The summed E-state index contributed by atoms with van der Waals surface area (Å²) < 4.78 is 5.10. The zero-order valence-corrected chi connectivity index (χ0v) is 11.5. The highest BCUT2D eigenvalue weighted by atomic mass is 16.5. The average Bonchev–Trinajstić information content (AvgIpc) is 2.76. The Morgan fingerprint density at radius 3 is 3.00 bits per heavy atom. The lowest BCUT2D eigenvalue weighted by molar-refractivity contribution is 0.181. The molecule has 2 rings (SSSR count). The van der Waals surface area contributed by atoms with Gasteiger partial charge in [-0.15, -0.1) is 0 Å². The number of rotatable bonds is 5. The number of ether oxygens (including phenoxy) is 1. The van der Waals surface area contributed by atoms with Crippen LogP contribution in [0.25, 0.3) is 0 Å². The lowest BCUT2D eigenvalue weighted by Gasteiger charge is -2.26. The van der Waals surface area contributed by atoms with Gasteiger partial charge in [0, 0.05) is 32.8 Å². The van der Waals surface area contributed by atoms with Gasteiger partial charge in [-0.25, -0.2) is 9.97 Å². The van der Waals surface area contributed by atoms with Crippen molar-refractivity contribution in [2.45, 2.75) is 25.5 Å². The quantitative estimate of drug-likeness (QED) is 0.784. The van der Waals surface area contributed by atoms with Crippen molar-refractivity contribution in [1.29, 1.82) is 0 Å². The summed E-state index contributed by atoms with van der Waals surface area (Å²) in [6.07, 6.45) is 4.18. The Balaban J connectivity index is 1.99. The molecule has 1 aliphatic heterocycles. The highest BCUT2D eigenvalue weighted by molar-refractivity contribution is 5.38. The van der Waals surface area contributed by atoms with Crippen molar-refractivity contribution in [3.05, 3.63) is 18.1 Å². The first-order chi connectivity index (χ1) is 8.70. The van der Waals surface area contributed by atoms with E-state index in [2.05, 4.69) is 33.9 Å². The van der Waals surface area contributed by atoms with Gasteiger partial charge in [0.15, 0.2) is 0 Å².